The molecule has 0 amide bonds. The lowest BCUT2D eigenvalue weighted by Crippen LogP contribution is -2.28. The van der Waals surface area contributed by atoms with E-state index in [1.807, 2.05) is 0 Å². The molecule has 2 heteroatoms. The number of hydrogen-bond acceptors (Lipinski definition) is 2. The van der Waals surface area contributed by atoms with Crippen molar-refractivity contribution in [1.82, 2.24) is 5.32 Å². The molecule has 0 spiro atoms. The van der Waals surface area contributed by atoms with Crippen LogP contribution in [-0.2, 0) is 11.2 Å². The SMILES string of the molecule is COCCNCC(CCC(C)(C)C)Cc1cccc(C)c1. The number of methoxy groups -OCH3 is 1. The summed E-state index contributed by atoms with van der Waals surface area (Å²) in [7, 11) is 1.76. The van der Waals surface area contributed by atoms with Gasteiger partial charge in [-0.1, -0.05) is 50.6 Å². The molecule has 1 N–H and O–H groups in total. The summed E-state index contributed by atoms with van der Waals surface area (Å²) < 4.78 is 5.11. The highest BCUT2D eigenvalue weighted by atomic mass is 16.5. The summed E-state index contributed by atoms with van der Waals surface area (Å²) in [5, 5.41) is 3.53. The van der Waals surface area contributed by atoms with E-state index in [1.165, 1.54) is 24.0 Å². The summed E-state index contributed by atoms with van der Waals surface area (Å²) >= 11 is 0. The summed E-state index contributed by atoms with van der Waals surface area (Å²) in [5.74, 6) is 0.697. The molecule has 0 aliphatic carbocycles. The fraction of sp³-hybridized carbons (Fsp3) is 0.684. The van der Waals surface area contributed by atoms with Gasteiger partial charge in [0.25, 0.3) is 0 Å². The van der Waals surface area contributed by atoms with Crippen molar-refractivity contribution < 1.29 is 4.74 Å². The Balaban J connectivity index is 2.53. The largest absolute Gasteiger partial charge is 0.383 e. The highest BCUT2D eigenvalue weighted by Gasteiger charge is 2.16. The van der Waals surface area contributed by atoms with E-state index in [0.29, 0.717) is 11.3 Å². The normalized spacial score (nSPS) is 13.4. The van der Waals surface area contributed by atoms with Crippen molar-refractivity contribution in [3.8, 4) is 0 Å². The molecule has 0 fully saturated rings. The van der Waals surface area contributed by atoms with Gasteiger partial charge in [-0.2, -0.15) is 0 Å². The van der Waals surface area contributed by atoms with Crippen LogP contribution in [0.5, 0.6) is 0 Å². The van der Waals surface area contributed by atoms with Crippen molar-refractivity contribution in [2.45, 2.75) is 47.0 Å². The van der Waals surface area contributed by atoms with Crippen molar-refractivity contribution >= 4 is 0 Å². The van der Waals surface area contributed by atoms with Gasteiger partial charge in [0.1, 0.15) is 0 Å². The lowest BCUT2D eigenvalue weighted by Gasteiger charge is -2.24. The van der Waals surface area contributed by atoms with Crippen LogP contribution in [0.2, 0.25) is 0 Å². The molecule has 0 saturated carbocycles. The average molecular weight is 291 g/mol. The highest BCUT2D eigenvalue weighted by molar-refractivity contribution is 5.22. The van der Waals surface area contributed by atoms with Gasteiger partial charge in [0.15, 0.2) is 0 Å². The molecule has 1 atom stereocenters. The van der Waals surface area contributed by atoms with Crippen LogP contribution in [0, 0.1) is 18.3 Å². The monoisotopic (exact) mass is 291 g/mol. The standard InChI is InChI=1S/C19H33NO/c1-16-7-6-8-17(13-16)14-18(9-10-19(2,3)4)15-20-11-12-21-5/h6-8,13,18,20H,9-12,14-15H2,1-5H3. The predicted molar refractivity (Wildman–Crippen MR) is 91.8 cm³/mol. The maximum Gasteiger partial charge on any atom is 0.0587 e. The van der Waals surface area contributed by atoms with Crippen LogP contribution >= 0.6 is 0 Å². The van der Waals surface area contributed by atoms with E-state index in [9.17, 15) is 0 Å². The maximum atomic E-state index is 5.11. The van der Waals surface area contributed by atoms with Gasteiger partial charge in [-0.15, -0.1) is 0 Å². The van der Waals surface area contributed by atoms with E-state index in [0.717, 1.165) is 26.1 Å². The zero-order valence-corrected chi connectivity index (χ0v) is 14.5. The lowest BCUT2D eigenvalue weighted by molar-refractivity contribution is 0.196. The minimum atomic E-state index is 0.414. The van der Waals surface area contributed by atoms with Crippen LogP contribution in [0.15, 0.2) is 24.3 Å². The van der Waals surface area contributed by atoms with Crippen molar-refractivity contribution in [2.75, 3.05) is 26.8 Å². The fourth-order valence-corrected chi connectivity index (χ4v) is 2.57. The van der Waals surface area contributed by atoms with E-state index in [2.05, 4.69) is 57.3 Å². The second kappa shape index (κ2) is 9.22. The van der Waals surface area contributed by atoms with E-state index >= 15 is 0 Å². The summed E-state index contributed by atoms with van der Waals surface area (Å²) in [6, 6.07) is 8.92. The summed E-state index contributed by atoms with van der Waals surface area (Å²) in [6.07, 6.45) is 3.71. The number of rotatable bonds is 9. The van der Waals surface area contributed by atoms with Crippen LogP contribution in [0.1, 0.15) is 44.7 Å². The van der Waals surface area contributed by atoms with Gasteiger partial charge in [0, 0.05) is 13.7 Å². The Morgan fingerprint density at radius 3 is 2.62 bits per heavy atom. The fourth-order valence-electron chi connectivity index (χ4n) is 2.57. The van der Waals surface area contributed by atoms with Crippen molar-refractivity contribution in [3.05, 3.63) is 35.4 Å². The first-order valence-corrected chi connectivity index (χ1v) is 8.16. The van der Waals surface area contributed by atoms with Crippen LogP contribution in [0.3, 0.4) is 0 Å². The molecule has 1 rings (SSSR count). The van der Waals surface area contributed by atoms with E-state index in [4.69, 9.17) is 4.74 Å². The zero-order chi connectivity index (χ0) is 15.7. The van der Waals surface area contributed by atoms with Gasteiger partial charge in [-0.05, 0) is 49.6 Å². The lowest BCUT2D eigenvalue weighted by atomic mass is 9.84. The molecule has 2 nitrogen and oxygen atoms in total. The number of nitrogens with one attached hydrogen (secondary N) is 1. The topological polar surface area (TPSA) is 21.3 Å². The molecule has 0 aromatic heterocycles. The van der Waals surface area contributed by atoms with Gasteiger partial charge in [0.05, 0.1) is 6.61 Å². The Bertz CT molecular complexity index is 395. The quantitative estimate of drug-likeness (QED) is 0.688. The Labute approximate surface area is 131 Å². The van der Waals surface area contributed by atoms with Crippen molar-refractivity contribution in [2.24, 2.45) is 11.3 Å². The maximum absolute atomic E-state index is 5.11. The molecular formula is C19H33NO. The van der Waals surface area contributed by atoms with Crippen molar-refractivity contribution in [1.29, 1.82) is 0 Å². The molecule has 0 aliphatic heterocycles. The minimum Gasteiger partial charge on any atom is -0.383 e. The first-order chi connectivity index (χ1) is 9.90. The van der Waals surface area contributed by atoms with E-state index in [-0.39, 0.29) is 0 Å². The predicted octanol–water partition coefficient (Wildman–Crippen LogP) is 4.22. The Hall–Kier alpha value is -0.860. The van der Waals surface area contributed by atoms with Gasteiger partial charge < -0.3 is 10.1 Å². The minimum absolute atomic E-state index is 0.414. The van der Waals surface area contributed by atoms with Gasteiger partial charge >= 0.3 is 0 Å². The number of hydrogen-bond donors (Lipinski definition) is 1. The van der Waals surface area contributed by atoms with Gasteiger partial charge in [-0.25, -0.2) is 0 Å². The smallest absolute Gasteiger partial charge is 0.0587 e. The Kier molecular flexibility index (Phi) is 7.98. The highest BCUT2D eigenvalue weighted by Crippen LogP contribution is 2.25. The van der Waals surface area contributed by atoms with Crippen LogP contribution < -0.4 is 5.32 Å². The van der Waals surface area contributed by atoms with Gasteiger partial charge in [0.2, 0.25) is 0 Å². The molecule has 1 unspecified atom stereocenters. The Morgan fingerprint density at radius 1 is 1.24 bits per heavy atom. The molecule has 0 bridgehead atoms. The second-order valence-electron chi connectivity index (χ2n) is 7.36. The average Bonchev–Trinajstić information content (AvgIpc) is 2.40. The molecule has 21 heavy (non-hydrogen) atoms. The van der Waals surface area contributed by atoms with Crippen LogP contribution in [0.4, 0.5) is 0 Å². The van der Waals surface area contributed by atoms with Crippen LogP contribution in [0.25, 0.3) is 0 Å². The molecule has 1 aromatic carbocycles. The molecule has 0 heterocycles. The summed E-state index contributed by atoms with van der Waals surface area (Å²) in [4.78, 5) is 0. The van der Waals surface area contributed by atoms with Crippen LogP contribution in [-0.4, -0.2) is 26.8 Å². The number of benzene rings is 1. The first kappa shape index (κ1) is 18.2. The summed E-state index contributed by atoms with van der Waals surface area (Å²) in [5.41, 5.74) is 3.23. The molecule has 0 aliphatic rings. The van der Waals surface area contributed by atoms with E-state index < -0.39 is 0 Å². The van der Waals surface area contributed by atoms with Gasteiger partial charge in [-0.3, -0.25) is 0 Å². The molecular weight excluding hydrogens is 258 g/mol. The third-order valence-corrected chi connectivity index (χ3v) is 3.83. The van der Waals surface area contributed by atoms with E-state index in [1.54, 1.807) is 7.11 Å². The molecule has 1 aromatic rings. The second-order valence-corrected chi connectivity index (χ2v) is 7.36. The molecule has 0 radical (unpaired) electrons. The van der Waals surface area contributed by atoms with Crippen molar-refractivity contribution in [3.63, 3.8) is 0 Å². The third kappa shape index (κ3) is 8.90. The molecule has 0 saturated heterocycles. The summed E-state index contributed by atoms with van der Waals surface area (Å²) in [6.45, 7) is 12.0. The number of aryl methyl sites for hydroxylation is 1. The number of ether oxygens (including phenoxy) is 1. The molecule has 120 valence electrons. The first-order valence-electron chi connectivity index (χ1n) is 8.16. The zero-order valence-electron chi connectivity index (χ0n) is 14.5. The third-order valence-electron chi connectivity index (χ3n) is 3.83. The Morgan fingerprint density at radius 2 is 2.00 bits per heavy atom.